The zero-order valence-electron chi connectivity index (χ0n) is 38.8. The molecular weight excluding hydrogens is 837 g/mol. The number of rotatable bonds is 24. The van der Waals surface area contributed by atoms with E-state index in [2.05, 4.69) is 45.7 Å². The topological polar surface area (TPSA) is 218 Å². The molecule has 0 saturated carbocycles. The molecule has 0 aliphatic heterocycles. The molecule has 5 aromatic rings. The number of carbonyl (C=O) groups is 4. The number of hydrogen-bond acceptors (Lipinski definition) is 13. The highest BCUT2D eigenvalue weighted by atomic mass is 16.5. The van der Waals surface area contributed by atoms with Crippen molar-refractivity contribution in [1.29, 1.82) is 0 Å². The summed E-state index contributed by atoms with van der Waals surface area (Å²) in [6, 6.07) is 22.7. The van der Waals surface area contributed by atoms with Gasteiger partial charge in [-0.15, -0.1) is 0 Å². The number of nitrogens with two attached hydrogens (primary N) is 1. The van der Waals surface area contributed by atoms with Crippen molar-refractivity contribution in [2.45, 2.75) is 111 Å². The molecule has 1 aromatic carbocycles. The van der Waals surface area contributed by atoms with Crippen molar-refractivity contribution >= 4 is 23.7 Å². The van der Waals surface area contributed by atoms with Gasteiger partial charge in [-0.05, 0) is 85.7 Å². The van der Waals surface area contributed by atoms with Crippen molar-refractivity contribution < 1.29 is 29.0 Å². The zero-order valence-corrected chi connectivity index (χ0v) is 38.8. The molecule has 0 aliphatic rings. The largest absolute Gasteiger partial charge is 0.507 e. The maximum atomic E-state index is 13.9. The number of nitrogens with zero attached hydrogens (tertiary/aromatic N) is 6. The number of phenols is 1. The third kappa shape index (κ3) is 15.8. The molecule has 3 amide bonds. The number of nitrogens with one attached hydrogen (secondary N) is 3. The van der Waals surface area contributed by atoms with Crippen LogP contribution in [0.15, 0.2) is 110 Å². The van der Waals surface area contributed by atoms with Crippen LogP contribution in [0.2, 0.25) is 0 Å². The SMILES string of the molecule is COC(=O)[C@H](CC(C)C)NC(=O)[C@H](C)NC(=O)[C@@H](NC(=O)[C@@H](N)Cc1cc(CN(Cc2ccccn2)Cc2ccccn2)c(O)c(CN(Cc2ccccn2)Cc2ccccn2)c1)C(C)C. The molecule has 16 nitrogen and oxygen atoms in total. The van der Waals surface area contributed by atoms with E-state index < -0.39 is 47.9 Å². The lowest BCUT2D eigenvalue weighted by atomic mass is 9.97. The predicted molar refractivity (Wildman–Crippen MR) is 250 cm³/mol. The Morgan fingerprint density at radius 1 is 0.621 bits per heavy atom. The minimum Gasteiger partial charge on any atom is -0.507 e. The van der Waals surface area contributed by atoms with Crippen LogP contribution in [-0.2, 0) is 69.6 Å². The van der Waals surface area contributed by atoms with Gasteiger partial charge in [0.05, 0.1) is 35.9 Å². The molecule has 66 heavy (non-hydrogen) atoms. The quantitative estimate of drug-likeness (QED) is 0.0536. The van der Waals surface area contributed by atoms with Crippen molar-refractivity contribution in [2.24, 2.45) is 17.6 Å². The lowest BCUT2D eigenvalue weighted by Crippen LogP contribution is -2.58. The minimum absolute atomic E-state index is 0.0725. The second kappa shape index (κ2) is 25.2. The number of ether oxygens (including phenoxy) is 1. The first-order valence-electron chi connectivity index (χ1n) is 22.3. The Bertz CT molecular complexity index is 2110. The van der Waals surface area contributed by atoms with Gasteiger partial charge in [-0.3, -0.25) is 44.1 Å². The number of carbonyl (C=O) groups excluding carboxylic acids is 4. The lowest BCUT2D eigenvalue weighted by molar-refractivity contribution is -0.145. The van der Waals surface area contributed by atoms with E-state index in [-0.39, 0.29) is 24.0 Å². The molecule has 4 atom stereocenters. The van der Waals surface area contributed by atoms with Gasteiger partial charge in [-0.2, -0.15) is 0 Å². The van der Waals surface area contributed by atoms with Gasteiger partial charge in [0.2, 0.25) is 17.7 Å². The maximum Gasteiger partial charge on any atom is 0.328 e. The predicted octanol–water partition coefficient (Wildman–Crippen LogP) is 4.60. The Kier molecular flexibility index (Phi) is 19.2. The van der Waals surface area contributed by atoms with E-state index >= 15 is 0 Å². The summed E-state index contributed by atoms with van der Waals surface area (Å²) in [6.07, 6.45) is 7.41. The minimum atomic E-state index is -1.10. The summed E-state index contributed by atoms with van der Waals surface area (Å²) in [4.78, 5) is 75.6. The van der Waals surface area contributed by atoms with Gasteiger partial charge in [-0.1, -0.05) is 64.1 Å². The highest BCUT2D eigenvalue weighted by Gasteiger charge is 2.31. The molecule has 350 valence electrons. The summed E-state index contributed by atoms with van der Waals surface area (Å²) in [5.74, 6) is -2.48. The number of esters is 1. The van der Waals surface area contributed by atoms with Crippen LogP contribution in [0.4, 0.5) is 0 Å². The van der Waals surface area contributed by atoms with Gasteiger partial charge in [0.1, 0.15) is 23.9 Å². The highest BCUT2D eigenvalue weighted by Crippen LogP contribution is 2.30. The number of aromatic hydroxyl groups is 1. The van der Waals surface area contributed by atoms with Crippen molar-refractivity contribution in [1.82, 2.24) is 45.7 Å². The Hall–Kier alpha value is -6.62. The van der Waals surface area contributed by atoms with Gasteiger partial charge < -0.3 is 31.5 Å². The van der Waals surface area contributed by atoms with E-state index in [0.717, 1.165) is 22.8 Å². The zero-order chi connectivity index (χ0) is 47.6. The molecule has 16 heteroatoms. The fraction of sp³-hybridized carbons (Fsp3) is 0.400. The van der Waals surface area contributed by atoms with Crippen molar-refractivity contribution in [3.63, 3.8) is 0 Å². The summed E-state index contributed by atoms with van der Waals surface area (Å²) >= 11 is 0. The highest BCUT2D eigenvalue weighted by molar-refractivity contribution is 5.94. The van der Waals surface area contributed by atoms with Gasteiger partial charge in [0, 0.05) is 75.2 Å². The number of benzene rings is 1. The van der Waals surface area contributed by atoms with E-state index in [4.69, 9.17) is 10.5 Å². The Balaban J connectivity index is 1.41. The number of hydrogen-bond donors (Lipinski definition) is 5. The fourth-order valence-corrected chi connectivity index (χ4v) is 7.53. The average Bonchev–Trinajstić information content (AvgIpc) is 3.30. The summed E-state index contributed by atoms with van der Waals surface area (Å²) in [7, 11) is 1.25. The van der Waals surface area contributed by atoms with Crippen LogP contribution < -0.4 is 21.7 Å². The Labute approximate surface area is 387 Å². The van der Waals surface area contributed by atoms with Crippen LogP contribution in [-0.4, -0.2) is 89.8 Å². The van der Waals surface area contributed by atoms with Crippen molar-refractivity contribution in [2.75, 3.05) is 7.11 Å². The van der Waals surface area contributed by atoms with E-state index in [1.165, 1.54) is 14.0 Å². The fourth-order valence-electron chi connectivity index (χ4n) is 7.53. The van der Waals surface area contributed by atoms with Crippen LogP contribution in [0.25, 0.3) is 0 Å². The molecular formula is C50H64N10O6. The first-order valence-corrected chi connectivity index (χ1v) is 22.3. The standard InChI is InChI=1S/C50H64N10O6/c1-33(2)23-44(50(65)66-6)57-47(62)35(5)56-49(64)45(34(3)4)58-48(63)43(51)26-36-24-37(27-59(29-39-15-7-11-19-52-39)30-40-16-8-12-20-53-40)46(61)38(25-36)28-60(31-41-17-9-13-21-54-41)32-42-18-10-14-22-55-42/h7-22,24-25,33-35,43-45,61H,23,26-32,51H2,1-6H3,(H,56,64)(H,57,62)(H,58,63)/t35-,43-,44-,45-/m0/s1. The molecule has 4 heterocycles. The number of aromatic nitrogens is 4. The van der Waals surface area contributed by atoms with Gasteiger partial charge in [0.15, 0.2) is 0 Å². The monoisotopic (exact) mass is 901 g/mol. The van der Waals surface area contributed by atoms with E-state index in [1.54, 1.807) is 38.6 Å². The smallest absolute Gasteiger partial charge is 0.328 e. The summed E-state index contributed by atoms with van der Waals surface area (Å²) in [5, 5.41) is 20.3. The van der Waals surface area contributed by atoms with E-state index in [0.29, 0.717) is 62.4 Å². The van der Waals surface area contributed by atoms with Crippen LogP contribution in [0, 0.1) is 11.8 Å². The Morgan fingerprint density at radius 3 is 1.42 bits per heavy atom. The van der Waals surface area contributed by atoms with Gasteiger partial charge >= 0.3 is 5.97 Å². The molecule has 0 bridgehead atoms. The second-order valence-electron chi connectivity index (χ2n) is 17.3. The molecule has 0 unspecified atom stereocenters. The summed E-state index contributed by atoms with van der Waals surface area (Å²) in [6.45, 7) is 11.4. The molecule has 0 saturated heterocycles. The number of methoxy groups -OCH3 is 1. The first kappa shape index (κ1) is 50.4. The van der Waals surface area contributed by atoms with E-state index in [9.17, 15) is 24.3 Å². The van der Waals surface area contributed by atoms with Gasteiger partial charge in [0.25, 0.3) is 0 Å². The second-order valence-corrected chi connectivity index (χ2v) is 17.3. The molecule has 0 fully saturated rings. The van der Waals surface area contributed by atoms with Gasteiger partial charge in [-0.25, -0.2) is 4.79 Å². The average molecular weight is 901 g/mol. The normalized spacial score (nSPS) is 13.3. The van der Waals surface area contributed by atoms with Crippen molar-refractivity contribution in [3.05, 3.63) is 149 Å². The number of amides is 3. The molecule has 0 radical (unpaired) electrons. The lowest BCUT2D eigenvalue weighted by Gasteiger charge is -2.27. The van der Waals surface area contributed by atoms with Crippen LogP contribution in [0.5, 0.6) is 5.75 Å². The third-order valence-electron chi connectivity index (χ3n) is 10.9. The third-order valence-corrected chi connectivity index (χ3v) is 10.9. The first-order chi connectivity index (χ1) is 31.7. The van der Waals surface area contributed by atoms with Crippen molar-refractivity contribution in [3.8, 4) is 5.75 Å². The molecule has 4 aromatic heterocycles. The van der Waals surface area contributed by atoms with Crippen LogP contribution >= 0.6 is 0 Å². The molecule has 5 rings (SSSR count). The molecule has 0 spiro atoms. The van der Waals surface area contributed by atoms with E-state index in [1.807, 2.05) is 98.8 Å². The Morgan fingerprint density at radius 2 is 1.06 bits per heavy atom. The van der Waals surface area contributed by atoms with Crippen LogP contribution in [0.1, 0.15) is 80.5 Å². The number of pyridine rings is 4. The summed E-state index contributed by atoms with van der Waals surface area (Å²) in [5.41, 5.74) is 12.0. The number of phenolic OH excluding ortho intramolecular Hbond substituents is 1. The maximum absolute atomic E-state index is 13.9. The molecule has 0 aliphatic carbocycles. The summed E-state index contributed by atoms with van der Waals surface area (Å²) < 4.78 is 4.87. The molecule has 6 N–H and O–H groups in total. The van der Waals surface area contributed by atoms with Crippen LogP contribution in [0.3, 0.4) is 0 Å².